The van der Waals surface area contributed by atoms with Gasteiger partial charge in [-0.05, 0) is 59.9 Å². The minimum absolute atomic E-state index is 0.526. The Bertz CT molecular complexity index is 334. The number of ether oxygens (including phenoxy) is 1. The first-order chi connectivity index (χ1) is 7.25. The molecule has 15 heavy (non-hydrogen) atoms. The van der Waals surface area contributed by atoms with Gasteiger partial charge < -0.3 is 10.1 Å². The average Bonchev–Trinajstić information content (AvgIpc) is 2.69. The van der Waals surface area contributed by atoms with E-state index in [4.69, 9.17) is 4.74 Å². The van der Waals surface area contributed by atoms with E-state index in [0.717, 1.165) is 23.4 Å². The fraction of sp³-hybridized carbons (Fsp3) is 0.500. The van der Waals surface area contributed by atoms with Crippen LogP contribution >= 0.6 is 15.9 Å². The molecule has 2 rings (SSSR count). The van der Waals surface area contributed by atoms with E-state index < -0.39 is 0 Å². The van der Waals surface area contributed by atoms with Gasteiger partial charge in [-0.3, -0.25) is 0 Å². The summed E-state index contributed by atoms with van der Waals surface area (Å²) in [6.45, 7) is 3.97. The molecule has 1 saturated heterocycles. The van der Waals surface area contributed by atoms with Gasteiger partial charge in [0.05, 0.1) is 4.47 Å². The minimum Gasteiger partial charge on any atom is -0.491 e. The zero-order valence-electron chi connectivity index (χ0n) is 8.92. The molecule has 2 nitrogen and oxygen atoms in total. The second-order valence-corrected chi connectivity index (χ2v) is 4.89. The summed E-state index contributed by atoms with van der Waals surface area (Å²) in [6.07, 6.45) is 2.49. The molecule has 0 saturated carbocycles. The molecule has 1 aliphatic heterocycles. The topological polar surface area (TPSA) is 21.3 Å². The van der Waals surface area contributed by atoms with Crippen molar-refractivity contribution in [1.82, 2.24) is 5.32 Å². The smallest absolute Gasteiger partial charge is 0.133 e. The molecule has 3 heteroatoms. The van der Waals surface area contributed by atoms with Crippen LogP contribution in [0.1, 0.15) is 18.4 Å². The lowest BCUT2D eigenvalue weighted by Gasteiger charge is -2.13. The standard InChI is InChI=1S/C12H16BrNO/c1-9-4-5-12(11(13)7-9)15-8-10-3-2-6-14-10/h4-5,7,10,14H,2-3,6,8H2,1H3/t10-/m1/s1. The Labute approximate surface area is 99.1 Å². The Morgan fingerprint density at radius 3 is 3.07 bits per heavy atom. The maximum Gasteiger partial charge on any atom is 0.133 e. The molecule has 1 aromatic rings. The average molecular weight is 270 g/mol. The molecule has 0 radical (unpaired) electrons. The fourth-order valence-electron chi connectivity index (χ4n) is 1.81. The van der Waals surface area contributed by atoms with Crippen molar-refractivity contribution in [2.75, 3.05) is 13.2 Å². The summed E-state index contributed by atoms with van der Waals surface area (Å²) in [5.41, 5.74) is 1.24. The van der Waals surface area contributed by atoms with Crippen LogP contribution in [0.4, 0.5) is 0 Å². The Morgan fingerprint density at radius 1 is 1.53 bits per heavy atom. The zero-order valence-corrected chi connectivity index (χ0v) is 10.5. The van der Waals surface area contributed by atoms with Crippen LogP contribution in [0.15, 0.2) is 22.7 Å². The number of halogens is 1. The summed E-state index contributed by atoms with van der Waals surface area (Å²) in [4.78, 5) is 0. The zero-order chi connectivity index (χ0) is 10.7. The van der Waals surface area contributed by atoms with Crippen molar-refractivity contribution < 1.29 is 4.74 Å². The first kappa shape index (κ1) is 11.0. The Hall–Kier alpha value is -0.540. The van der Waals surface area contributed by atoms with Gasteiger partial charge in [0.1, 0.15) is 12.4 Å². The van der Waals surface area contributed by atoms with Gasteiger partial charge in [0.2, 0.25) is 0 Å². The highest BCUT2D eigenvalue weighted by atomic mass is 79.9. The van der Waals surface area contributed by atoms with Gasteiger partial charge in [-0.2, -0.15) is 0 Å². The van der Waals surface area contributed by atoms with Gasteiger partial charge in [-0.1, -0.05) is 6.07 Å². The highest BCUT2D eigenvalue weighted by Crippen LogP contribution is 2.26. The first-order valence-electron chi connectivity index (χ1n) is 5.38. The molecule has 1 aromatic carbocycles. The van der Waals surface area contributed by atoms with E-state index in [1.165, 1.54) is 18.4 Å². The summed E-state index contributed by atoms with van der Waals surface area (Å²) in [7, 11) is 0. The van der Waals surface area contributed by atoms with Crippen molar-refractivity contribution in [2.45, 2.75) is 25.8 Å². The van der Waals surface area contributed by atoms with Crippen LogP contribution < -0.4 is 10.1 Å². The SMILES string of the molecule is Cc1ccc(OC[C@H]2CCCN2)c(Br)c1. The van der Waals surface area contributed by atoms with Crippen molar-refractivity contribution >= 4 is 15.9 Å². The van der Waals surface area contributed by atoms with Gasteiger partial charge in [-0.25, -0.2) is 0 Å². The molecule has 1 N–H and O–H groups in total. The third-order valence-electron chi connectivity index (χ3n) is 2.69. The molecule has 1 aliphatic rings. The van der Waals surface area contributed by atoms with Crippen molar-refractivity contribution in [3.63, 3.8) is 0 Å². The third-order valence-corrected chi connectivity index (χ3v) is 3.31. The highest BCUT2D eigenvalue weighted by molar-refractivity contribution is 9.10. The number of rotatable bonds is 3. The van der Waals surface area contributed by atoms with Gasteiger partial charge in [0.15, 0.2) is 0 Å². The molecule has 1 atom stereocenters. The van der Waals surface area contributed by atoms with Gasteiger partial charge in [0, 0.05) is 6.04 Å². The lowest BCUT2D eigenvalue weighted by molar-refractivity contribution is 0.275. The highest BCUT2D eigenvalue weighted by Gasteiger charge is 2.14. The summed E-state index contributed by atoms with van der Waals surface area (Å²) < 4.78 is 6.81. The molecule has 0 bridgehead atoms. The lowest BCUT2D eigenvalue weighted by Crippen LogP contribution is -2.28. The van der Waals surface area contributed by atoms with E-state index in [-0.39, 0.29) is 0 Å². The molecule has 0 aromatic heterocycles. The van der Waals surface area contributed by atoms with E-state index in [9.17, 15) is 0 Å². The monoisotopic (exact) mass is 269 g/mol. The summed E-state index contributed by atoms with van der Waals surface area (Å²) in [5, 5.41) is 3.42. The van der Waals surface area contributed by atoms with Crippen molar-refractivity contribution in [3.8, 4) is 5.75 Å². The van der Waals surface area contributed by atoms with Crippen molar-refractivity contribution in [2.24, 2.45) is 0 Å². The number of benzene rings is 1. The second kappa shape index (κ2) is 4.99. The summed E-state index contributed by atoms with van der Waals surface area (Å²) in [5.74, 6) is 0.939. The molecule has 0 amide bonds. The van der Waals surface area contributed by atoms with Gasteiger partial charge in [-0.15, -0.1) is 0 Å². The van der Waals surface area contributed by atoms with Gasteiger partial charge in [0.25, 0.3) is 0 Å². The minimum atomic E-state index is 0.526. The molecule has 82 valence electrons. The molecular weight excluding hydrogens is 254 g/mol. The number of aryl methyl sites for hydroxylation is 1. The van der Waals surface area contributed by atoms with E-state index in [2.05, 4.69) is 40.3 Å². The van der Waals surface area contributed by atoms with Crippen molar-refractivity contribution in [3.05, 3.63) is 28.2 Å². The Balaban J connectivity index is 1.92. The first-order valence-corrected chi connectivity index (χ1v) is 6.17. The second-order valence-electron chi connectivity index (χ2n) is 4.04. The summed E-state index contributed by atoms with van der Waals surface area (Å²) >= 11 is 3.51. The number of nitrogens with one attached hydrogen (secondary N) is 1. The molecule has 0 unspecified atom stereocenters. The maximum atomic E-state index is 5.77. The van der Waals surface area contributed by atoms with Crippen molar-refractivity contribution in [1.29, 1.82) is 0 Å². The van der Waals surface area contributed by atoms with Crippen LogP contribution in [0.3, 0.4) is 0 Å². The number of hydrogen-bond acceptors (Lipinski definition) is 2. The lowest BCUT2D eigenvalue weighted by atomic mass is 10.2. The van der Waals surface area contributed by atoms with E-state index in [1.54, 1.807) is 0 Å². The molecule has 1 heterocycles. The summed E-state index contributed by atoms with van der Waals surface area (Å²) in [6, 6.07) is 6.70. The molecule has 0 spiro atoms. The van der Waals surface area contributed by atoms with Gasteiger partial charge >= 0.3 is 0 Å². The van der Waals surface area contributed by atoms with Crippen LogP contribution in [0.25, 0.3) is 0 Å². The van der Waals surface area contributed by atoms with E-state index in [0.29, 0.717) is 6.04 Å². The van der Waals surface area contributed by atoms with E-state index in [1.807, 2.05) is 6.07 Å². The quantitative estimate of drug-likeness (QED) is 0.911. The molecular formula is C12H16BrNO. The molecule has 0 aliphatic carbocycles. The normalized spacial score (nSPS) is 20.5. The third kappa shape index (κ3) is 2.95. The predicted octanol–water partition coefficient (Wildman–Crippen LogP) is 2.89. The van der Waals surface area contributed by atoms with Crippen LogP contribution in [-0.2, 0) is 0 Å². The fourth-order valence-corrected chi connectivity index (χ4v) is 2.42. The van der Waals surface area contributed by atoms with E-state index >= 15 is 0 Å². The van der Waals surface area contributed by atoms with Crippen LogP contribution in [0.5, 0.6) is 5.75 Å². The largest absolute Gasteiger partial charge is 0.491 e. The Kier molecular flexibility index (Phi) is 3.65. The maximum absolute atomic E-state index is 5.77. The van der Waals surface area contributed by atoms with Crippen LogP contribution in [-0.4, -0.2) is 19.2 Å². The number of hydrogen-bond donors (Lipinski definition) is 1. The molecule has 1 fully saturated rings. The predicted molar refractivity (Wildman–Crippen MR) is 65.4 cm³/mol. The Morgan fingerprint density at radius 2 is 2.40 bits per heavy atom. The van der Waals surface area contributed by atoms with Crippen LogP contribution in [0.2, 0.25) is 0 Å². The van der Waals surface area contributed by atoms with Crippen LogP contribution in [0, 0.1) is 6.92 Å².